The normalized spacial score (nSPS) is 12.5. The summed E-state index contributed by atoms with van der Waals surface area (Å²) >= 11 is 0. The van der Waals surface area contributed by atoms with E-state index in [2.05, 4.69) is 6.58 Å². The molecule has 0 bridgehead atoms. The van der Waals surface area contributed by atoms with Gasteiger partial charge in [0.05, 0.1) is 24.9 Å². The average molecular weight is 188 g/mol. The van der Waals surface area contributed by atoms with E-state index >= 15 is 0 Å². The number of carboxylic acids is 1. The van der Waals surface area contributed by atoms with E-state index in [4.69, 9.17) is 14.6 Å². The van der Waals surface area contributed by atoms with Crippen molar-refractivity contribution < 1.29 is 19.4 Å². The quantitative estimate of drug-likeness (QED) is 0.607. The van der Waals surface area contributed by atoms with E-state index in [1.54, 1.807) is 0 Å². The lowest BCUT2D eigenvalue weighted by molar-refractivity contribution is -0.133. The van der Waals surface area contributed by atoms with Crippen LogP contribution in [0.1, 0.15) is 13.8 Å². The van der Waals surface area contributed by atoms with Crippen molar-refractivity contribution in [3.63, 3.8) is 0 Å². The molecule has 0 radical (unpaired) electrons. The third-order valence-corrected chi connectivity index (χ3v) is 1.40. The van der Waals surface area contributed by atoms with Crippen molar-refractivity contribution in [2.45, 2.75) is 20.0 Å². The van der Waals surface area contributed by atoms with Gasteiger partial charge >= 0.3 is 5.97 Å². The molecule has 0 aromatic heterocycles. The minimum absolute atomic E-state index is 0.0452. The molecule has 1 N–H and O–H groups in total. The maximum atomic E-state index is 10.3. The van der Waals surface area contributed by atoms with Crippen molar-refractivity contribution in [3.8, 4) is 0 Å². The summed E-state index contributed by atoms with van der Waals surface area (Å²) in [5.74, 6) is -1.02. The van der Waals surface area contributed by atoms with Gasteiger partial charge in [-0.3, -0.25) is 0 Å². The molecule has 0 aromatic carbocycles. The van der Waals surface area contributed by atoms with Crippen LogP contribution < -0.4 is 0 Å². The van der Waals surface area contributed by atoms with E-state index < -0.39 is 5.97 Å². The number of rotatable bonds is 7. The van der Waals surface area contributed by atoms with Crippen LogP contribution in [0.5, 0.6) is 0 Å². The van der Waals surface area contributed by atoms with E-state index in [0.717, 1.165) is 0 Å². The Morgan fingerprint density at radius 3 is 2.69 bits per heavy atom. The van der Waals surface area contributed by atoms with E-state index in [9.17, 15) is 4.79 Å². The summed E-state index contributed by atoms with van der Waals surface area (Å²) in [5.41, 5.74) is 0.0587. The second kappa shape index (κ2) is 6.62. The van der Waals surface area contributed by atoms with Gasteiger partial charge < -0.3 is 14.6 Å². The summed E-state index contributed by atoms with van der Waals surface area (Å²) in [6, 6.07) is 0. The second-order valence-corrected chi connectivity index (χ2v) is 2.69. The lowest BCUT2D eigenvalue weighted by Crippen LogP contribution is -2.19. The SMILES string of the molecule is C=C(COC(C)COCC)C(=O)O. The zero-order chi connectivity index (χ0) is 10.3. The molecule has 0 aliphatic carbocycles. The highest BCUT2D eigenvalue weighted by Crippen LogP contribution is 1.97. The second-order valence-electron chi connectivity index (χ2n) is 2.69. The van der Waals surface area contributed by atoms with Gasteiger partial charge in [0.2, 0.25) is 0 Å². The first-order valence-corrected chi connectivity index (χ1v) is 4.18. The molecule has 0 heterocycles. The van der Waals surface area contributed by atoms with E-state index in [0.29, 0.717) is 13.2 Å². The van der Waals surface area contributed by atoms with Crippen LogP contribution in [0.25, 0.3) is 0 Å². The Morgan fingerprint density at radius 2 is 2.23 bits per heavy atom. The summed E-state index contributed by atoms with van der Waals surface area (Å²) in [6.07, 6.45) is -0.101. The van der Waals surface area contributed by atoms with Crippen LogP contribution in [-0.4, -0.2) is 37.0 Å². The summed E-state index contributed by atoms with van der Waals surface area (Å²) in [7, 11) is 0. The van der Waals surface area contributed by atoms with Crippen LogP contribution >= 0.6 is 0 Å². The van der Waals surface area contributed by atoms with Crippen molar-refractivity contribution in [2.24, 2.45) is 0 Å². The maximum Gasteiger partial charge on any atom is 0.333 e. The van der Waals surface area contributed by atoms with Crippen molar-refractivity contribution in [3.05, 3.63) is 12.2 Å². The molecule has 1 atom stereocenters. The highest BCUT2D eigenvalue weighted by atomic mass is 16.5. The van der Waals surface area contributed by atoms with Gasteiger partial charge in [0.1, 0.15) is 0 Å². The molecule has 4 heteroatoms. The largest absolute Gasteiger partial charge is 0.478 e. The predicted molar refractivity (Wildman–Crippen MR) is 48.7 cm³/mol. The molecule has 0 amide bonds. The van der Waals surface area contributed by atoms with Gasteiger partial charge in [0.25, 0.3) is 0 Å². The predicted octanol–water partition coefficient (Wildman–Crippen LogP) is 1.07. The van der Waals surface area contributed by atoms with Gasteiger partial charge in [-0.25, -0.2) is 4.79 Å². The van der Waals surface area contributed by atoms with Gasteiger partial charge in [0, 0.05) is 6.61 Å². The first-order chi connectivity index (χ1) is 6.07. The zero-order valence-corrected chi connectivity index (χ0v) is 8.08. The molecule has 0 aliphatic heterocycles. The number of hydrogen-bond acceptors (Lipinski definition) is 3. The Kier molecular flexibility index (Phi) is 6.18. The summed E-state index contributed by atoms with van der Waals surface area (Å²) in [5, 5.41) is 8.46. The van der Waals surface area contributed by atoms with Crippen LogP contribution in [0.3, 0.4) is 0 Å². The van der Waals surface area contributed by atoms with E-state index in [-0.39, 0.29) is 18.3 Å². The Balaban J connectivity index is 3.51. The van der Waals surface area contributed by atoms with Gasteiger partial charge in [-0.2, -0.15) is 0 Å². The maximum absolute atomic E-state index is 10.3. The number of aliphatic carboxylic acids is 1. The number of carboxylic acid groups (broad SMARTS) is 1. The van der Waals surface area contributed by atoms with Gasteiger partial charge in [-0.1, -0.05) is 6.58 Å². The standard InChI is InChI=1S/C9H16O4/c1-4-12-6-8(3)13-5-7(2)9(10)11/h8H,2,4-6H2,1,3H3,(H,10,11). The highest BCUT2D eigenvalue weighted by molar-refractivity contribution is 5.85. The molecule has 0 saturated carbocycles. The minimum Gasteiger partial charge on any atom is -0.478 e. The topological polar surface area (TPSA) is 55.8 Å². The number of ether oxygens (including phenoxy) is 2. The molecular weight excluding hydrogens is 172 g/mol. The van der Waals surface area contributed by atoms with Crippen molar-refractivity contribution in [2.75, 3.05) is 19.8 Å². The molecular formula is C9H16O4. The lowest BCUT2D eigenvalue weighted by Gasteiger charge is -2.12. The van der Waals surface area contributed by atoms with Crippen LogP contribution in [0.2, 0.25) is 0 Å². The monoisotopic (exact) mass is 188 g/mol. The number of carbonyl (C=O) groups is 1. The first-order valence-electron chi connectivity index (χ1n) is 4.18. The minimum atomic E-state index is -1.02. The number of hydrogen-bond donors (Lipinski definition) is 1. The summed E-state index contributed by atoms with van der Waals surface area (Å²) in [4.78, 5) is 10.3. The Hall–Kier alpha value is -0.870. The van der Waals surface area contributed by atoms with Crippen molar-refractivity contribution in [1.29, 1.82) is 0 Å². The lowest BCUT2D eigenvalue weighted by atomic mass is 10.3. The zero-order valence-electron chi connectivity index (χ0n) is 8.08. The van der Waals surface area contributed by atoms with Crippen LogP contribution in [0, 0.1) is 0 Å². The molecule has 0 fully saturated rings. The first kappa shape index (κ1) is 12.1. The van der Waals surface area contributed by atoms with Crippen LogP contribution in [-0.2, 0) is 14.3 Å². The van der Waals surface area contributed by atoms with E-state index in [1.807, 2.05) is 13.8 Å². The van der Waals surface area contributed by atoms with Crippen molar-refractivity contribution in [1.82, 2.24) is 0 Å². The third kappa shape index (κ3) is 6.31. The highest BCUT2D eigenvalue weighted by Gasteiger charge is 2.07. The molecule has 13 heavy (non-hydrogen) atoms. The summed E-state index contributed by atoms with van der Waals surface area (Å²) in [6.45, 7) is 8.21. The molecule has 0 rings (SSSR count). The van der Waals surface area contributed by atoms with E-state index in [1.165, 1.54) is 0 Å². The van der Waals surface area contributed by atoms with Crippen LogP contribution in [0.4, 0.5) is 0 Å². The Bertz CT molecular complexity index is 176. The molecule has 1 unspecified atom stereocenters. The Labute approximate surface area is 78.2 Å². The molecule has 76 valence electrons. The molecule has 0 spiro atoms. The third-order valence-electron chi connectivity index (χ3n) is 1.40. The summed E-state index contributed by atoms with van der Waals surface area (Å²) < 4.78 is 10.2. The average Bonchev–Trinajstić information content (AvgIpc) is 2.10. The molecule has 0 aliphatic rings. The fourth-order valence-electron chi connectivity index (χ4n) is 0.637. The van der Waals surface area contributed by atoms with Gasteiger partial charge in [-0.05, 0) is 13.8 Å². The van der Waals surface area contributed by atoms with Gasteiger partial charge in [-0.15, -0.1) is 0 Å². The molecule has 4 nitrogen and oxygen atoms in total. The van der Waals surface area contributed by atoms with Gasteiger partial charge in [0.15, 0.2) is 0 Å². The smallest absolute Gasteiger partial charge is 0.333 e. The fraction of sp³-hybridized carbons (Fsp3) is 0.667. The van der Waals surface area contributed by atoms with Crippen molar-refractivity contribution >= 4 is 5.97 Å². The molecule has 0 aromatic rings. The molecule has 0 saturated heterocycles. The fourth-order valence-corrected chi connectivity index (χ4v) is 0.637. The van der Waals surface area contributed by atoms with Crippen LogP contribution in [0.15, 0.2) is 12.2 Å². The Morgan fingerprint density at radius 1 is 1.62 bits per heavy atom.